The summed E-state index contributed by atoms with van der Waals surface area (Å²) in [4.78, 5) is 9.01. The third-order valence-corrected chi connectivity index (χ3v) is 3.27. The van der Waals surface area contributed by atoms with Gasteiger partial charge >= 0.3 is 0 Å². The van der Waals surface area contributed by atoms with Crippen LogP contribution in [0.15, 0.2) is 30.3 Å². The summed E-state index contributed by atoms with van der Waals surface area (Å²) >= 11 is 0. The third-order valence-electron chi connectivity index (χ3n) is 3.27. The summed E-state index contributed by atoms with van der Waals surface area (Å²) in [5.41, 5.74) is 9.86. The number of benzene rings is 1. The Kier molecular flexibility index (Phi) is 4.23. The van der Waals surface area contributed by atoms with Crippen LogP contribution in [0.1, 0.15) is 49.7 Å². The molecule has 1 atom stereocenters. The van der Waals surface area contributed by atoms with Crippen LogP contribution in [0, 0.1) is 6.92 Å². The highest BCUT2D eigenvalue weighted by Crippen LogP contribution is 2.23. The maximum absolute atomic E-state index is 6.00. The zero-order valence-electron chi connectivity index (χ0n) is 12.5. The van der Waals surface area contributed by atoms with E-state index < -0.39 is 0 Å². The van der Waals surface area contributed by atoms with Crippen LogP contribution in [-0.2, 0) is 0 Å². The zero-order chi connectivity index (χ0) is 14.7. The molecule has 0 aliphatic rings. The summed E-state index contributed by atoms with van der Waals surface area (Å²) in [5.74, 6) is 1.04. The second kappa shape index (κ2) is 5.90. The number of aryl methyl sites for hydroxylation is 1. The molecule has 20 heavy (non-hydrogen) atoms. The van der Waals surface area contributed by atoms with Gasteiger partial charge in [-0.3, -0.25) is 0 Å². The molecule has 2 rings (SSSR count). The number of anilines is 2. The Hall–Kier alpha value is -2.10. The first-order chi connectivity index (χ1) is 9.47. The smallest absolute Gasteiger partial charge is 0.223 e. The number of nitrogens with one attached hydrogen (secondary N) is 1. The molecular formula is C16H22N4. The van der Waals surface area contributed by atoms with Crippen LogP contribution in [0.25, 0.3) is 0 Å². The van der Waals surface area contributed by atoms with Gasteiger partial charge in [0.05, 0.1) is 6.04 Å². The fourth-order valence-electron chi connectivity index (χ4n) is 2.13. The molecule has 1 unspecified atom stereocenters. The standard InChI is InChI=1S/C16H22N4/c1-10(2)15-9-11(3)18-16(20-15)19-12(4)13-7-5-6-8-14(13)17/h5-10,12H,17H2,1-4H3,(H,18,19,20). The van der Waals surface area contributed by atoms with Gasteiger partial charge < -0.3 is 11.1 Å². The van der Waals surface area contributed by atoms with Gasteiger partial charge in [-0.15, -0.1) is 0 Å². The molecule has 4 heteroatoms. The Bertz CT molecular complexity index is 593. The van der Waals surface area contributed by atoms with Crippen LogP contribution in [0.5, 0.6) is 0 Å². The van der Waals surface area contributed by atoms with E-state index in [2.05, 4.69) is 36.1 Å². The fraction of sp³-hybridized carbons (Fsp3) is 0.375. The Morgan fingerprint density at radius 3 is 2.45 bits per heavy atom. The van der Waals surface area contributed by atoms with Crippen molar-refractivity contribution in [2.24, 2.45) is 0 Å². The number of rotatable bonds is 4. The topological polar surface area (TPSA) is 63.8 Å². The van der Waals surface area contributed by atoms with Crippen molar-refractivity contribution in [2.75, 3.05) is 11.1 Å². The molecule has 2 aromatic rings. The Balaban J connectivity index is 2.24. The average molecular weight is 270 g/mol. The Morgan fingerprint density at radius 1 is 1.10 bits per heavy atom. The SMILES string of the molecule is Cc1cc(C(C)C)nc(NC(C)c2ccccc2N)n1. The van der Waals surface area contributed by atoms with E-state index in [9.17, 15) is 0 Å². The molecule has 106 valence electrons. The molecule has 0 amide bonds. The van der Waals surface area contributed by atoms with E-state index in [1.54, 1.807) is 0 Å². The van der Waals surface area contributed by atoms with Gasteiger partial charge in [-0.25, -0.2) is 9.97 Å². The number of nitrogen functional groups attached to an aromatic ring is 1. The minimum absolute atomic E-state index is 0.0676. The van der Waals surface area contributed by atoms with Gasteiger partial charge in [0.15, 0.2) is 0 Å². The summed E-state index contributed by atoms with van der Waals surface area (Å²) < 4.78 is 0. The zero-order valence-corrected chi connectivity index (χ0v) is 12.5. The normalized spacial score (nSPS) is 12.4. The summed E-state index contributed by atoms with van der Waals surface area (Å²) in [7, 11) is 0. The first kappa shape index (κ1) is 14.3. The number of nitrogens with two attached hydrogens (primary N) is 1. The van der Waals surface area contributed by atoms with Crippen LogP contribution in [0.3, 0.4) is 0 Å². The Morgan fingerprint density at radius 2 is 1.80 bits per heavy atom. The first-order valence-electron chi connectivity index (χ1n) is 6.94. The van der Waals surface area contributed by atoms with E-state index in [0.717, 1.165) is 22.6 Å². The molecule has 1 heterocycles. The number of para-hydroxylation sites is 1. The van der Waals surface area contributed by atoms with E-state index >= 15 is 0 Å². The number of nitrogens with zero attached hydrogens (tertiary/aromatic N) is 2. The van der Waals surface area contributed by atoms with E-state index in [1.807, 2.05) is 37.3 Å². The molecule has 0 saturated carbocycles. The lowest BCUT2D eigenvalue weighted by atomic mass is 10.1. The molecule has 3 N–H and O–H groups in total. The molecule has 1 aromatic heterocycles. The maximum atomic E-state index is 6.00. The quantitative estimate of drug-likeness (QED) is 0.832. The van der Waals surface area contributed by atoms with Crippen LogP contribution < -0.4 is 11.1 Å². The molecule has 0 saturated heterocycles. The molecular weight excluding hydrogens is 248 g/mol. The molecule has 4 nitrogen and oxygen atoms in total. The van der Waals surface area contributed by atoms with Crippen LogP contribution in [-0.4, -0.2) is 9.97 Å². The average Bonchev–Trinajstić information content (AvgIpc) is 2.38. The molecule has 0 aliphatic heterocycles. The lowest BCUT2D eigenvalue weighted by Gasteiger charge is -2.17. The van der Waals surface area contributed by atoms with Gasteiger partial charge in [0.2, 0.25) is 5.95 Å². The summed E-state index contributed by atoms with van der Waals surface area (Å²) in [6.45, 7) is 8.31. The number of hydrogen-bond donors (Lipinski definition) is 2. The largest absolute Gasteiger partial charge is 0.398 e. The minimum atomic E-state index is 0.0676. The van der Waals surface area contributed by atoms with Gasteiger partial charge in [0.1, 0.15) is 0 Å². The number of hydrogen-bond acceptors (Lipinski definition) is 4. The molecule has 1 aromatic carbocycles. The first-order valence-corrected chi connectivity index (χ1v) is 6.94. The fourth-order valence-corrected chi connectivity index (χ4v) is 2.13. The highest BCUT2D eigenvalue weighted by atomic mass is 15.1. The molecule has 0 radical (unpaired) electrons. The van der Waals surface area contributed by atoms with Crippen molar-refractivity contribution in [3.63, 3.8) is 0 Å². The van der Waals surface area contributed by atoms with E-state index in [1.165, 1.54) is 0 Å². The Labute approximate surface area is 120 Å². The van der Waals surface area contributed by atoms with Crippen LogP contribution in [0.4, 0.5) is 11.6 Å². The second-order valence-electron chi connectivity index (χ2n) is 5.41. The monoisotopic (exact) mass is 270 g/mol. The predicted octanol–water partition coefficient (Wildman–Crippen LogP) is 3.66. The highest BCUT2D eigenvalue weighted by molar-refractivity contribution is 5.50. The molecule has 0 spiro atoms. The van der Waals surface area contributed by atoms with Gasteiger partial charge in [-0.05, 0) is 37.5 Å². The minimum Gasteiger partial charge on any atom is -0.398 e. The third kappa shape index (κ3) is 3.26. The lowest BCUT2D eigenvalue weighted by Crippen LogP contribution is -2.12. The van der Waals surface area contributed by atoms with Gasteiger partial charge in [-0.1, -0.05) is 32.0 Å². The highest BCUT2D eigenvalue weighted by Gasteiger charge is 2.11. The molecule has 0 fully saturated rings. The van der Waals surface area contributed by atoms with Gasteiger partial charge in [0, 0.05) is 17.1 Å². The van der Waals surface area contributed by atoms with E-state index in [4.69, 9.17) is 5.73 Å². The molecule has 0 aliphatic carbocycles. The second-order valence-corrected chi connectivity index (χ2v) is 5.41. The van der Waals surface area contributed by atoms with Crippen molar-refractivity contribution in [3.8, 4) is 0 Å². The van der Waals surface area contributed by atoms with Crippen molar-refractivity contribution in [1.29, 1.82) is 0 Å². The summed E-state index contributed by atoms with van der Waals surface area (Å²) in [6, 6.07) is 9.94. The van der Waals surface area contributed by atoms with Crippen molar-refractivity contribution < 1.29 is 0 Å². The van der Waals surface area contributed by atoms with Gasteiger partial charge in [0.25, 0.3) is 0 Å². The lowest BCUT2D eigenvalue weighted by molar-refractivity contribution is 0.794. The van der Waals surface area contributed by atoms with Crippen molar-refractivity contribution >= 4 is 11.6 Å². The van der Waals surface area contributed by atoms with Crippen molar-refractivity contribution in [2.45, 2.75) is 39.7 Å². The van der Waals surface area contributed by atoms with Crippen LogP contribution >= 0.6 is 0 Å². The van der Waals surface area contributed by atoms with E-state index in [-0.39, 0.29) is 6.04 Å². The predicted molar refractivity (Wildman–Crippen MR) is 83.8 cm³/mol. The summed E-state index contributed by atoms with van der Waals surface area (Å²) in [6.07, 6.45) is 0. The van der Waals surface area contributed by atoms with Crippen LogP contribution in [0.2, 0.25) is 0 Å². The number of aromatic nitrogens is 2. The van der Waals surface area contributed by atoms with Crippen molar-refractivity contribution in [3.05, 3.63) is 47.3 Å². The molecule has 0 bridgehead atoms. The maximum Gasteiger partial charge on any atom is 0.223 e. The summed E-state index contributed by atoms with van der Waals surface area (Å²) in [5, 5.41) is 3.33. The van der Waals surface area contributed by atoms with E-state index in [0.29, 0.717) is 11.9 Å². The van der Waals surface area contributed by atoms with Gasteiger partial charge in [-0.2, -0.15) is 0 Å². The van der Waals surface area contributed by atoms with Crippen molar-refractivity contribution in [1.82, 2.24) is 9.97 Å².